The lowest BCUT2D eigenvalue weighted by Gasteiger charge is -2.11. The molecule has 0 saturated heterocycles. The Morgan fingerprint density at radius 3 is 2.21 bits per heavy atom. The largest absolute Gasteiger partial charge is 0.0945 e. The second kappa shape index (κ2) is 5.06. The van der Waals surface area contributed by atoms with E-state index in [0.29, 0.717) is 5.92 Å². The topological polar surface area (TPSA) is 0 Å². The van der Waals surface area contributed by atoms with Gasteiger partial charge in [0.05, 0.1) is 0 Å². The molecule has 0 bridgehead atoms. The van der Waals surface area contributed by atoms with Crippen molar-refractivity contribution in [3.63, 3.8) is 0 Å². The summed E-state index contributed by atoms with van der Waals surface area (Å²) in [5, 5.41) is 0. The van der Waals surface area contributed by atoms with Crippen LogP contribution in [0.4, 0.5) is 0 Å². The van der Waals surface area contributed by atoms with Crippen LogP contribution in [0.25, 0.3) is 0 Å². The van der Waals surface area contributed by atoms with Gasteiger partial charge in [-0.25, -0.2) is 0 Å². The maximum Gasteiger partial charge on any atom is 0.0122 e. The molecule has 14 heavy (non-hydrogen) atoms. The molecule has 0 unspecified atom stereocenters. The van der Waals surface area contributed by atoms with Crippen LogP contribution >= 0.6 is 11.8 Å². The van der Waals surface area contributed by atoms with Gasteiger partial charge in [-0.3, -0.25) is 0 Å². The van der Waals surface area contributed by atoms with E-state index in [9.17, 15) is 0 Å². The van der Waals surface area contributed by atoms with Crippen LogP contribution in [0, 0.1) is 5.92 Å². The van der Waals surface area contributed by atoms with Crippen molar-refractivity contribution in [1.82, 2.24) is 0 Å². The van der Waals surface area contributed by atoms with Crippen molar-refractivity contribution in [2.75, 3.05) is 0 Å². The molecule has 0 radical (unpaired) electrons. The van der Waals surface area contributed by atoms with Crippen molar-refractivity contribution in [1.29, 1.82) is 0 Å². The summed E-state index contributed by atoms with van der Waals surface area (Å²) in [6, 6.07) is 10.3. The summed E-state index contributed by atoms with van der Waals surface area (Å²) in [6.07, 6.45) is 0. The Balaban J connectivity index is 2.63. The average Bonchev–Trinajstić information content (AvgIpc) is 2.18. The van der Waals surface area contributed by atoms with Crippen LogP contribution in [0.2, 0.25) is 0 Å². The van der Waals surface area contributed by atoms with Gasteiger partial charge in [0.2, 0.25) is 0 Å². The zero-order valence-electron chi connectivity index (χ0n) is 8.79. The van der Waals surface area contributed by atoms with E-state index in [-0.39, 0.29) is 0 Å². The predicted molar refractivity (Wildman–Crippen MR) is 65.4 cm³/mol. The average molecular weight is 204 g/mol. The molecule has 0 aliphatic heterocycles. The molecule has 0 aliphatic carbocycles. The first kappa shape index (κ1) is 11.1. The van der Waals surface area contributed by atoms with Crippen molar-refractivity contribution in [2.45, 2.75) is 18.7 Å². The van der Waals surface area contributed by atoms with Crippen LogP contribution < -0.4 is 0 Å². The third kappa shape index (κ3) is 3.08. The normalized spacial score (nSPS) is 10.2. The van der Waals surface area contributed by atoms with Gasteiger partial charge in [0.1, 0.15) is 0 Å². The van der Waals surface area contributed by atoms with Crippen LogP contribution in [-0.4, -0.2) is 0 Å². The maximum absolute atomic E-state index is 4.03. The molecule has 1 heteroatoms. The zero-order valence-corrected chi connectivity index (χ0v) is 9.60. The lowest BCUT2D eigenvalue weighted by Crippen LogP contribution is -1.92. The first-order valence-electron chi connectivity index (χ1n) is 4.72. The molecule has 0 N–H and O–H groups in total. The highest BCUT2D eigenvalue weighted by Gasteiger charge is 2.05. The van der Waals surface area contributed by atoms with Crippen LogP contribution in [0.15, 0.2) is 58.9 Å². The SMILES string of the molecule is C=C(Sc1ccccc1)C(=C)C(C)C. The molecule has 74 valence electrons. The van der Waals surface area contributed by atoms with Gasteiger partial charge in [-0.1, -0.05) is 57.0 Å². The molecule has 0 aromatic heterocycles. The fraction of sp³-hybridized carbons (Fsp3) is 0.231. The molecule has 1 aromatic carbocycles. The third-order valence-corrected chi connectivity index (χ3v) is 3.06. The first-order chi connectivity index (χ1) is 6.61. The molecular weight excluding hydrogens is 188 g/mol. The van der Waals surface area contributed by atoms with E-state index in [1.165, 1.54) is 4.90 Å². The van der Waals surface area contributed by atoms with E-state index in [1.807, 2.05) is 18.2 Å². The Labute approximate surface area is 90.7 Å². The first-order valence-corrected chi connectivity index (χ1v) is 5.54. The van der Waals surface area contributed by atoms with Gasteiger partial charge in [0.25, 0.3) is 0 Å². The smallest absolute Gasteiger partial charge is 0.0122 e. The van der Waals surface area contributed by atoms with Crippen LogP contribution in [-0.2, 0) is 0 Å². The Morgan fingerprint density at radius 2 is 1.71 bits per heavy atom. The lowest BCUT2D eigenvalue weighted by atomic mass is 10.1. The summed E-state index contributed by atoms with van der Waals surface area (Å²) >= 11 is 1.69. The van der Waals surface area contributed by atoms with E-state index in [4.69, 9.17) is 0 Å². The highest BCUT2D eigenvalue weighted by molar-refractivity contribution is 8.03. The van der Waals surface area contributed by atoms with Crippen molar-refractivity contribution in [3.8, 4) is 0 Å². The van der Waals surface area contributed by atoms with Crippen LogP contribution in [0.5, 0.6) is 0 Å². The summed E-state index contributed by atoms with van der Waals surface area (Å²) < 4.78 is 0. The number of hydrogen-bond acceptors (Lipinski definition) is 1. The van der Waals surface area contributed by atoms with Gasteiger partial charge in [0, 0.05) is 9.80 Å². The zero-order chi connectivity index (χ0) is 10.6. The standard InChI is InChI=1S/C13H16S/c1-10(2)11(3)12(4)14-13-8-6-5-7-9-13/h5-10H,3-4H2,1-2H3. The van der Waals surface area contributed by atoms with Gasteiger partial charge < -0.3 is 0 Å². The highest BCUT2D eigenvalue weighted by Crippen LogP contribution is 2.32. The minimum absolute atomic E-state index is 0.471. The Kier molecular flexibility index (Phi) is 4.02. The number of allylic oxidation sites excluding steroid dienone is 1. The Hall–Kier alpha value is -0.950. The van der Waals surface area contributed by atoms with Gasteiger partial charge in [-0.15, -0.1) is 0 Å². The van der Waals surface area contributed by atoms with Crippen molar-refractivity contribution in [2.24, 2.45) is 5.92 Å². The van der Waals surface area contributed by atoms with E-state index < -0.39 is 0 Å². The Morgan fingerprint density at radius 1 is 1.14 bits per heavy atom. The molecule has 0 amide bonds. The van der Waals surface area contributed by atoms with E-state index in [2.05, 4.69) is 39.1 Å². The molecule has 0 atom stereocenters. The molecule has 1 aromatic rings. The summed E-state index contributed by atoms with van der Waals surface area (Å²) in [7, 11) is 0. The van der Waals surface area contributed by atoms with E-state index in [1.54, 1.807) is 11.8 Å². The van der Waals surface area contributed by atoms with Gasteiger partial charge in [-0.05, 0) is 23.6 Å². The van der Waals surface area contributed by atoms with Crippen molar-refractivity contribution < 1.29 is 0 Å². The van der Waals surface area contributed by atoms with Crippen molar-refractivity contribution in [3.05, 3.63) is 54.0 Å². The molecule has 0 aliphatic rings. The summed E-state index contributed by atoms with van der Waals surface area (Å²) in [6.45, 7) is 12.3. The molecular formula is C13H16S. The number of hydrogen-bond donors (Lipinski definition) is 0. The molecule has 1 rings (SSSR count). The summed E-state index contributed by atoms with van der Waals surface area (Å²) in [5.74, 6) is 0.471. The minimum atomic E-state index is 0.471. The van der Waals surface area contributed by atoms with Gasteiger partial charge >= 0.3 is 0 Å². The number of benzene rings is 1. The monoisotopic (exact) mass is 204 g/mol. The second-order valence-electron chi connectivity index (χ2n) is 3.52. The minimum Gasteiger partial charge on any atom is -0.0945 e. The van der Waals surface area contributed by atoms with Crippen molar-refractivity contribution >= 4 is 11.8 Å². The Bertz CT molecular complexity index is 322. The third-order valence-electron chi connectivity index (χ3n) is 2.04. The molecule has 0 spiro atoms. The summed E-state index contributed by atoms with van der Waals surface area (Å²) in [4.78, 5) is 2.28. The van der Waals surface area contributed by atoms with E-state index >= 15 is 0 Å². The summed E-state index contributed by atoms with van der Waals surface area (Å²) in [5.41, 5.74) is 1.12. The fourth-order valence-electron chi connectivity index (χ4n) is 1.02. The molecule has 0 saturated carbocycles. The predicted octanol–water partition coefficient (Wildman–Crippen LogP) is 4.50. The molecule has 0 heterocycles. The number of thioether (sulfide) groups is 1. The maximum atomic E-state index is 4.03. The quantitative estimate of drug-likeness (QED) is 0.514. The van der Waals surface area contributed by atoms with E-state index in [0.717, 1.165) is 10.5 Å². The van der Waals surface area contributed by atoms with Crippen LogP contribution in [0.3, 0.4) is 0 Å². The van der Waals surface area contributed by atoms with Gasteiger partial charge in [0.15, 0.2) is 0 Å². The van der Waals surface area contributed by atoms with Crippen LogP contribution in [0.1, 0.15) is 13.8 Å². The van der Waals surface area contributed by atoms with Gasteiger partial charge in [-0.2, -0.15) is 0 Å². The number of rotatable bonds is 4. The highest BCUT2D eigenvalue weighted by atomic mass is 32.2. The fourth-order valence-corrected chi connectivity index (χ4v) is 1.96. The molecule has 0 nitrogen and oxygen atoms in total. The molecule has 0 fully saturated rings. The lowest BCUT2D eigenvalue weighted by molar-refractivity contribution is 0.793. The second-order valence-corrected chi connectivity index (χ2v) is 4.69.